The number of aromatic nitrogens is 1. The van der Waals surface area contributed by atoms with Gasteiger partial charge in [0.2, 0.25) is 0 Å². The predicted octanol–water partition coefficient (Wildman–Crippen LogP) is 5.00. The molecular formula is C20H15F2N3O4S2. The van der Waals surface area contributed by atoms with Crippen LogP contribution in [0.15, 0.2) is 46.6 Å². The number of halogens is 2. The molecular weight excluding hydrogens is 448 g/mol. The fraction of sp³-hybridized carbons (Fsp3) is 0.100. The number of hydrogen-bond donors (Lipinski definition) is 2. The van der Waals surface area contributed by atoms with E-state index in [9.17, 15) is 18.4 Å². The van der Waals surface area contributed by atoms with Crippen LogP contribution < -0.4 is 25.7 Å². The second-order valence-corrected chi connectivity index (χ2v) is 8.35. The number of fused-ring (bicyclic) bond motifs is 1. The molecule has 0 bridgehead atoms. The minimum absolute atomic E-state index is 0.0409. The average molecular weight is 463 g/mol. The second kappa shape index (κ2) is 8.36. The SMILES string of the molecule is COc1ccc(-n2c3cssc-3c(NC(=O)Nc3ccc(F)cc3F)c2=O)c(OC)c1. The van der Waals surface area contributed by atoms with Gasteiger partial charge in [0.25, 0.3) is 5.56 Å². The molecule has 0 radical (unpaired) electrons. The summed E-state index contributed by atoms with van der Waals surface area (Å²) >= 11 is 0. The first-order valence-electron chi connectivity index (χ1n) is 8.80. The van der Waals surface area contributed by atoms with Crippen molar-refractivity contribution in [3.63, 3.8) is 0 Å². The standard InChI is InChI=1S/C20H15F2N3O4S2/c1-28-11-4-6-14(16(8-11)29-2)25-15-9-30-31-18(15)17(19(25)26)24-20(27)23-13-5-3-10(21)7-12(13)22/h3-9H,1-2H3,(H2,23,24,27). The Morgan fingerprint density at radius 1 is 1.06 bits per heavy atom. The highest BCUT2D eigenvalue weighted by atomic mass is 32.9. The van der Waals surface area contributed by atoms with Gasteiger partial charge in [0, 0.05) is 17.5 Å². The Bertz CT molecular complexity index is 1300. The summed E-state index contributed by atoms with van der Waals surface area (Å²) < 4.78 is 38.9. The number of methoxy groups -OCH3 is 2. The van der Waals surface area contributed by atoms with Crippen molar-refractivity contribution in [1.29, 1.82) is 0 Å². The number of ether oxygens (including phenoxy) is 2. The Morgan fingerprint density at radius 2 is 1.87 bits per heavy atom. The van der Waals surface area contributed by atoms with Crippen molar-refractivity contribution in [3.05, 3.63) is 63.8 Å². The first-order valence-corrected chi connectivity index (χ1v) is 11.0. The summed E-state index contributed by atoms with van der Waals surface area (Å²) in [5.74, 6) is -0.725. The van der Waals surface area contributed by atoms with Gasteiger partial charge < -0.3 is 20.1 Å². The molecule has 0 aliphatic carbocycles. The van der Waals surface area contributed by atoms with Crippen molar-refractivity contribution < 1.29 is 23.0 Å². The fourth-order valence-electron chi connectivity index (χ4n) is 3.03. The summed E-state index contributed by atoms with van der Waals surface area (Å²) in [5.41, 5.74) is 0.410. The Balaban J connectivity index is 1.71. The number of nitrogens with one attached hydrogen (secondary N) is 2. The molecule has 160 valence electrons. The van der Waals surface area contributed by atoms with E-state index in [-0.39, 0.29) is 11.4 Å². The van der Waals surface area contributed by atoms with Gasteiger partial charge in [-0.2, -0.15) is 0 Å². The van der Waals surface area contributed by atoms with E-state index in [1.807, 2.05) is 0 Å². The number of anilines is 2. The first-order chi connectivity index (χ1) is 14.9. The third-order valence-electron chi connectivity index (χ3n) is 4.45. The summed E-state index contributed by atoms with van der Waals surface area (Å²) in [6.07, 6.45) is 0. The molecule has 2 heterocycles. The highest BCUT2D eigenvalue weighted by molar-refractivity contribution is 7.70. The first kappa shape index (κ1) is 20.8. The summed E-state index contributed by atoms with van der Waals surface area (Å²) in [6, 6.07) is 6.95. The molecule has 0 aromatic heterocycles. The monoisotopic (exact) mass is 463 g/mol. The fourth-order valence-corrected chi connectivity index (χ4v) is 5.24. The number of carbonyl (C=O) groups is 1. The third-order valence-corrected chi connectivity index (χ3v) is 6.53. The lowest BCUT2D eigenvalue weighted by atomic mass is 10.2. The van der Waals surface area contributed by atoms with Crippen LogP contribution in [0.25, 0.3) is 16.3 Å². The smallest absolute Gasteiger partial charge is 0.323 e. The van der Waals surface area contributed by atoms with Gasteiger partial charge in [-0.15, -0.1) is 0 Å². The van der Waals surface area contributed by atoms with Crippen molar-refractivity contribution in [1.82, 2.24) is 4.57 Å². The van der Waals surface area contributed by atoms with Crippen LogP contribution >= 0.6 is 20.7 Å². The van der Waals surface area contributed by atoms with Gasteiger partial charge in [-0.05, 0) is 24.3 Å². The Morgan fingerprint density at radius 3 is 2.58 bits per heavy atom. The summed E-state index contributed by atoms with van der Waals surface area (Å²) in [6.45, 7) is 0. The molecule has 0 saturated heterocycles. The highest BCUT2D eigenvalue weighted by Crippen LogP contribution is 2.40. The predicted molar refractivity (Wildman–Crippen MR) is 117 cm³/mol. The molecule has 2 aromatic rings. The molecule has 11 heteroatoms. The molecule has 0 spiro atoms. The van der Waals surface area contributed by atoms with Gasteiger partial charge in [0.1, 0.15) is 28.8 Å². The topological polar surface area (TPSA) is 81.6 Å². The van der Waals surface area contributed by atoms with E-state index in [0.717, 1.165) is 12.1 Å². The van der Waals surface area contributed by atoms with Gasteiger partial charge in [0.05, 0.1) is 36.2 Å². The molecule has 0 saturated carbocycles. The molecule has 2 amide bonds. The minimum atomic E-state index is -0.929. The number of hydrogen-bond acceptors (Lipinski definition) is 6. The van der Waals surface area contributed by atoms with Gasteiger partial charge in [-0.25, -0.2) is 13.6 Å². The summed E-state index contributed by atoms with van der Waals surface area (Å²) in [4.78, 5) is 26.2. The van der Waals surface area contributed by atoms with Gasteiger partial charge in [-0.1, -0.05) is 20.7 Å². The molecule has 31 heavy (non-hydrogen) atoms. The minimum Gasteiger partial charge on any atom is -0.497 e. The zero-order valence-electron chi connectivity index (χ0n) is 16.2. The molecule has 0 fully saturated rings. The molecule has 0 atom stereocenters. The molecule has 4 rings (SSSR count). The van der Waals surface area contributed by atoms with Crippen LogP contribution in [0.2, 0.25) is 0 Å². The lowest BCUT2D eigenvalue weighted by Crippen LogP contribution is -2.25. The highest BCUT2D eigenvalue weighted by Gasteiger charge is 2.26. The third kappa shape index (κ3) is 3.84. The molecule has 2 aliphatic rings. The number of nitrogens with zero attached hydrogens (tertiary/aromatic N) is 1. The Hall–Kier alpha value is -3.44. The maximum atomic E-state index is 13.8. The Labute approximate surface area is 182 Å². The maximum absolute atomic E-state index is 13.8. The average Bonchev–Trinajstić information content (AvgIpc) is 3.31. The molecule has 2 aromatic carbocycles. The summed E-state index contributed by atoms with van der Waals surface area (Å²) in [5, 5.41) is 6.56. The molecule has 7 nitrogen and oxygen atoms in total. The van der Waals surface area contributed by atoms with Crippen molar-refractivity contribution in [3.8, 4) is 27.8 Å². The van der Waals surface area contributed by atoms with E-state index in [2.05, 4.69) is 10.6 Å². The van der Waals surface area contributed by atoms with Crippen molar-refractivity contribution in [2.75, 3.05) is 24.9 Å². The van der Waals surface area contributed by atoms with Crippen LogP contribution in [0.1, 0.15) is 0 Å². The van der Waals surface area contributed by atoms with Crippen molar-refractivity contribution >= 4 is 38.1 Å². The molecule has 0 unspecified atom stereocenters. The van der Waals surface area contributed by atoms with Crippen LogP contribution in [0, 0.1) is 11.6 Å². The maximum Gasteiger partial charge on any atom is 0.323 e. The van der Waals surface area contributed by atoms with Crippen molar-refractivity contribution in [2.24, 2.45) is 0 Å². The van der Waals surface area contributed by atoms with Crippen LogP contribution in [0.3, 0.4) is 0 Å². The van der Waals surface area contributed by atoms with E-state index < -0.39 is 23.2 Å². The number of carbonyl (C=O) groups excluding carboxylic acids is 1. The van der Waals surface area contributed by atoms with Crippen LogP contribution in [-0.2, 0) is 0 Å². The zero-order chi connectivity index (χ0) is 22.1. The molecule has 2 N–H and O–H groups in total. The van der Waals surface area contributed by atoms with Crippen molar-refractivity contribution in [2.45, 2.75) is 0 Å². The lowest BCUT2D eigenvalue weighted by Gasteiger charge is -2.11. The number of urea groups is 1. The van der Waals surface area contributed by atoms with E-state index >= 15 is 0 Å². The lowest BCUT2D eigenvalue weighted by molar-refractivity contribution is 0.262. The van der Waals surface area contributed by atoms with Crippen LogP contribution in [0.5, 0.6) is 11.5 Å². The number of amides is 2. The number of rotatable bonds is 5. The normalized spacial score (nSPS) is 10.8. The zero-order valence-corrected chi connectivity index (χ0v) is 17.8. The number of benzene rings is 2. The largest absolute Gasteiger partial charge is 0.497 e. The second-order valence-electron chi connectivity index (χ2n) is 6.27. The van der Waals surface area contributed by atoms with E-state index in [1.54, 1.807) is 23.6 Å². The Kier molecular flexibility index (Phi) is 5.61. The van der Waals surface area contributed by atoms with E-state index in [4.69, 9.17) is 9.47 Å². The van der Waals surface area contributed by atoms with Gasteiger partial charge in [0.15, 0.2) is 0 Å². The van der Waals surface area contributed by atoms with Gasteiger partial charge >= 0.3 is 6.03 Å². The van der Waals surface area contributed by atoms with Crippen LogP contribution in [-0.4, -0.2) is 24.8 Å². The molecule has 2 aliphatic heterocycles. The van der Waals surface area contributed by atoms with Crippen LogP contribution in [0.4, 0.5) is 25.0 Å². The van der Waals surface area contributed by atoms with E-state index in [1.165, 1.54) is 39.5 Å². The van der Waals surface area contributed by atoms with E-state index in [0.29, 0.717) is 33.8 Å². The summed E-state index contributed by atoms with van der Waals surface area (Å²) in [7, 11) is 5.69. The van der Waals surface area contributed by atoms with Gasteiger partial charge in [-0.3, -0.25) is 9.36 Å². The quantitative estimate of drug-likeness (QED) is 0.408.